The first-order valence-corrected chi connectivity index (χ1v) is 10.6. The molecule has 0 unspecified atom stereocenters. The molecular formula is C25H22N2O3. The summed E-state index contributed by atoms with van der Waals surface area (Å²) in [5.74, 6) is 1.18. The number of hydrogen-bond acceptors (Lipinski definition) is 3. The molecule has 2 aromatic carbocycles. The van der Waals surface area contributed by atoms with Crippen LogP contribution < -0.4 is 5.32 Å². The SMILES string of the molecule is O=C(Nc1ccccc1)c1ccc(CN2C(=O)[C@@H]3[C@@H]4C=C[C@@H]([C@H]5C[C@@H]45)[C@@H]3C2=O)cc1. The van der Waals surface area contributed by atoms with Crippen molar-refractivity contribution >= 4 is 23.4 Å². The van der Waals surface area contributed by atoms with Crippen molar-refractivity contribution in [2.75, 3.05) is 5.32 Å². The van der Waals surface area contributed by atoms with E-state index in [0.717, 1.165) is 11.3 Å². The van der Waals surface area contributed by atoms with Gasteiger partial charge in [0.1, 0.15) is 0 Å². The number of nitrogens with one attached hydrogen (secondary N) is 1. The highest BCUT2D eigenvalue weighted by atomic mass is 16.2. The maximum atomic E-state index is 13.1. The van der Waals surface area contributed by atoms with E-state index in [-0.39, 0.29) is 47.9 Å². The molecule has 1 saturated heterocycles. The van der Waals surface area contributed by atoms with Gasteiger partial charge in [0.05, 0.1) is 18.4 Å². The Morgan fingerprint density at radius 1 is 0.867 bits per heavy atom. The molecule has 1 aliphatic heterocycles. The molecule has 150 valence electrons. The minimum atomic E-state index is -0.186. The number of hydrogen-bond donors (Lipinski definition) is 1. The van der Waals surface area contributed by atoms with Crippen LogP contribution in [-0.4, -0.2) is 22.6 Å². The van der Waals surface area contributed by atoms with Gasteiger partial charge in [-0.1, -0.05) is 42.5 Å². The number of imide groups is 1. The standard InChI is InChI=1S/C25H22N2O3/c28-23(26-16-4-2-1-3-5-16)15-8-6-14(7-9-15)13-27-24(29)21-17-10-11-18(20-12-19(17)20)22(21)25(27)30/h1-11,17-22H,12-13H2,(H,26,28)/t17-,18+,19+,20-,21-,22+. The molecule has 0 spiro atoms. The van der Waals surface area contributed by atoms with Gasteiger partial charge < -0.3 is 5.32 Å². The van der Waals surface area contributed by atoms with Crippen molar-refractivity contribution in [1.29, 1.82) is 0 Å². The third kappa shape index (κ3) is 2.58. The number of allylic oxidation sites excluding steroid dienone is 2. The molecule has 3 amide bonds. The monoisotopic (exact) mass is 398 g/mol. The molecule has 0 radical (unpaired) electrons. The third-order valence-corrected chi connectivity index (χ3v) is 7.34. The number of carbonyl (C=O) groups is 3. The number of likely N-dealkylation sites (tertiary alicyclic amines) is 1. The summed E-state index contributed by atoms with van der Waals surface area (Å²) in [5.41, 5.74) is 2.14. The van der Waals surface area contributed by atoms with Crippen LogP contribution in [0.5, 0.6) is 0 Å². The number of rotatable bonds is 4. The quantitative estimate of drug-likeness (QED) is 0.633. The second-order valence-electron chi connectivity index (χ2n) is 8.93. The van der Waals surface area contributed by atoms with Gasteiger partial charge >= 0.3 is 0 Å². The highest BCUT2D eigenvalue weighted by Crippen LogP contribution is 2.65. The fraction of sp³-hybridized carbons (Fsp3) is 0.320. The van der Waals surface area contributed by atoms with Crippen molar-refractivity contribution in [2.24, 2.45) is 35.5 Å². The average Bonchev–Trinajstić information content (AvgIpc) is 3.56. The van der Waals surface area contributed by atoms with Gasteiger partial charge in [0.25, 0.3) is 5.91 Å². The van der Waals surface area contributed by atoms with Crippen LogP contribution in [0.25, 0.3) is 0 Å². The van der Waals surface area contributed by atoms with Crippen molar-refractivity contribution in [3.05, 3.63) is 77.9 Å². The predicted octanol–water partition coefficient (Wildman–Crippen LogP) is 3.49. The second kappa shape index (κ2) is 6.39. The summed E-state index contributed by atoms with van der Waals surface area (Å²) in [4.78, 5) is 40.1. The lowest BCUT2D eigenvalue weighted by Gasteiger charge is -2.37. The van der Waals surface area contributed by atoms with Crippen molar-refractivity contribution in [3.8, 4) is 0 Å². The molecule has 30 heavy (non-hydrogen) atoms. The van der Waals surface area contributed by atoms with Crippen LogP contribution in [0, 0.1) is 35.5 Å². The normalized spacial score (nSPS) is 32.7. The summed E-state index contributed by atoms with van der Waals surface area (Å²) in [6, 6.07) is 16.4. The van der Waals surface area contributed by atoms with E-state index in [0.29, 0.717) is 17.4 Å². The Kier molecular flexibility index (Phi) is 3.76. The van der Waals surface area contributed by atoms with E-state index in [9.17, 15) is 14.4 Å². The van der Waals surface area contributed by atoms with Crippen LogP contribution in [-0.2, 0) is 16.1 Å². The Morgan fingerprint density at radius 2 is 1.47 bits per heavy atom. The molecule has 5 aliphatic rings. The molecule has 2 saturated carbocycles. The fourth-order valence-corrected chi connectivity index (χ4v) is 5.84. The number of carbonyl (C=O) groups excluding carboxylic acids is 3. The predicted molar refractivity (Wildman–Crippen MR) is 111 cm³/mol. The summed E-state index contributed by atoms with van der Waals surface area (Å²) >= 11 is 0. The van der Waals surface area contributed by atoms with Gasteiger partial charge in [-0.15, -0.1) is 0 Å². The lowest BCUT2D eigenvalue weighted by atomic mass is 9.63. The first-order chi connectivity index (χ1) is 14.6. The van der Waals surface area contributed by atoms with Crippen LogP contribution >= 0.6 is 0 Å². The molecule has 5 nitrogen and oxygen atoms in total. The van der Waals surface area contributed by atoms with Gasteiger partial charge in [0, 0.05) is 11.3 Å². The Bertz CT molecular complexity index is 1040. The summed E-state index contributed by atoms with van der Waals surface area (Å²) in [7, 11) is 0. The summed E-state index contributed by atoms with van der Waals surface area (Å²) in [6.07, 6.45) is 5.55. The minimum Gasteiger partial charge on any atom is -0.322 e. The van der Waals surface area contributed by atoms with Crippen molar-refractivity contribution in [1.82, 2.24) is 4.90 Å². The number of benzene rings is 2. The Morgan fingerprint density at radius 3 is 2.07 bits per heavy atom. The van der Waals surface area contributed by atoms with Gasteiger partial charge in [-0.3, -0.25) is 19.3 Å². The Hall–Kier alpha value is -3.21. The molecule has 2 aromatic rings. The topological polar surface area (TPSA) is 66.5 Å². The van der Waals surface area contributed by atoms with Crippen LogP contribution in [0.3, 0.4) is 0 Å². The Balaban J connectivity index is 1.17. The highest BCUT2D eigenvalue weighted by molar-refractivity contribution is 6.06. The van der Waals surface area contributed by atoms with Crippen LogP contribution in [0.1, 0.15) is 22.3 Å². The van der Waals surface area contributed by atoms with Crippen LogP contribution in [0.15, 0.2) is 66.7 Å². The first kappa shape index (κ1) is 17.6. The lowest BCUT2D eigenvalue weighted by molar-refractivity contribution is -0.140. The summed E-state index contributed by atoms with van der Waals surface area (Å²) in [6.45, 7) is 0.278. The molecular weight excluding hydrogens is 376 g/mol. The molecule has 3 fully saturated rings. The van der Waals surface area contributed by atoms with E-state index in [1.165, 1.54) is 11.3 Å². The van der Waals surface area contributed by atoms with Crippen LogP contribution in [0.4, 0.5) is 5.69 Å². The Labute approximate surface area is 174 Å². The van der Waals surface area contributed by atoms with E-state index in [2.05, 4.69) is 17.5 Å². The third-order valence-electron chi connectivity index (χ3n) is 7.34. The molecule has 0 aromatic heterocycles. The molecule has 1 heterocycles. The van der Waals surface area contributed by atoms with Gasteiger partial charge in [0.15, 0.2) is 0 Å². The van der Waals surface area contributed by atoms with Gasteiger partial charge in [-0.25, -0.2) is 0 Å². The summed E-state index contributed by atoms with van der Waals surface area (Å²) in [5, 5.41) is 2.86. The van der Waals surface area contributed by atoms with Crippen molar-refractivity contribution in [3.63, 3.8) is 0 Å². The summed E-state index contributed by atoms with van der Waals surface area (Å²) < 4.78 is 0. The van der Waals surface area contributed by atoms with E-state index in [1.807, 2.05) is 42.5 Å². The first-order valence-electron chi connectivity index (χ1n) is 10.6. The van der Waals surface area contributed by atoms with Crippen molar-refractivity contribution in [2.45, 2.75) is 13.0 Å². The maximum absolute atomic E-state index is 13.1. The van der Waals surface area contributed by atoms with Gasteiger partial charge in [0.2, 0.25) is 11.8 Å². The zero-order valence-corrected chi connectivity index (χ0v) is 16.4. The minimum absolute atomic E-state index is 0.0133. The molecule has 5 heteroatoms. The highest BCUT2D eigenvalue weighted by Gasteiger charge is 2.66. The molecule has 6 atom stereocenters. The molecule has 7 rings (SSSR count). The average molecular weight is 398 g/mol. The largest absolute Gasteiger partial charge is 0.322 e. The zero-order valence-electron chi connectivity index (χ0n) is 16.4. The lowest BCUT2D eigenvalue weighted by Crippen LogP contribution is -2.40. The number of nitrogens with zero attached hydrogens (tertiary/aromatic N) is 1. The van der Waals surface area contributed by atoms with Crippen molar-refractivity contribution < 1.29 is 14.4 Å². The maximum Gasteiger partial charge on any atom is 0.255 e. The number of para-hydroxylation sites is 1. The van der Waals surface area contributed by atoms with Crippen LogP contribution in [0.2, 0.25) is 0 Å². The molecule has 2 bridgehead atoms. The van der Waals surface area contributed by atoms with E-state index in [4.69, 9.17) is 0 Å². The number of amides is 3. The fourth-order valence-electron chi connectivity index (χ4n) is 5.84. The van der Waals surface area contributed by atoms with E-state index in [1.54, 1.807) is 12.1 Å². The second-order valence-corrected chi connectivity index (χ2v) is 8.93. The van der Waals surface area contributed by atoms with E-state index < -0.39 is 0 Å². The smallest absolute Gasteiger partial charge is 0.255 e. The van der Waals surface area contributed by atoms with Gasteiger partial charge in [-0.05, 0) is 59.9 Å². The molecule has 1 N–H and O–H groups in total. The zero-order chi connectivity index (χ0) is 20.4. The molecule has 4 aliphatic carbocycles. The van der Waals surface area contributed by atoms with Gasteiger partial charge in [-0.2, -0.15) is 0 Å². The van der Waals surface area contributed by atoms with E-state index >= 15 is 0 Å². The number of anilines is 1.